The summed E-state index contributed by atoms with van der Waals surface area (Å²) in [4.78, 5) is 26.1. The highest BCUT2D eigenvalue weighted by molar-refractivity contribution is 7.89. The van der Waals surface area contributed by atoms with E-state index in [0.29, 0.717) is 6.54 Å². The highest BCUT2D eigenvalue weighted by Gasteiger charge is 2.20. The SMILES string of the molecule is CCN(C(=O)COC(=O)c1ccc(S(=O)(=O)NC)cc1)C1=CCCCC1. The molecule has 1 aliphatic rings. The van der Waals surface area contributed by atoms with Crippen LogP contribution in [0, 0.1) is 0 Å². The van der Waals surface area contributed by atoms with Crippen molar-refractivity contribution in [3.63, 3.8) is 0 Å². The van der Waals surface area contributed by atoms with Gasteiger partial charge in [0.1, 0.15) is 0 Å². The van der Waals surface area contributed by atoms with Crippen LogP contribution in [0.2, 0.25) is 0 Å². The highest BCUT2D eigenvalue weighted by atomic mass is 32.2. The molecule has 142 valence electrons. The molecule has 0 bridgehead atoms. The number of carbonyl (C=O) groups excluding carboxylic acids is 2. The summed E-state index contributed by atoms with van der Waals surface area (Å²) in [6.45, 7) is 2.06. The molecule has 1 N–H and O–H groups in total. The lowest BCUT2D eigenvalue weighted by Gasteiger charge is -2.26. The molecule has 1 aromatic rings. The molecule has 1 aliphatic carbocycles. The second kappa shape index (κ2) is 8.95. The molecule has 0 aliphatic heterocycles. The maximum absolute atomic E-state index is 12.4. The topological polar surface area (TPSA) is 92.8 Å². The normalized spacial score (nSPS) is 14.5. The summed E-state index contributed by atoms with van der Waals surface area (Å²) in [5.41, 5.74) is 1.18. The monoisotopic (exact) mass is 380 g/mol. The number of esters is 1. The molecule has 1 aromatic carbocycles. The van der Waals surface area contributed by atoms with E-state index in [0.717, 1.165) is 31.4 Å². The number of likely N-dealkylation sites (N-methyl/N-ethyl adjacent to an activating group) is 1. The average Bonchev–Trinajstić information content (AvgIpc) is 2.67. The first-order chi connectivity index (χ1) is 12.4. The van der Waals surface area contributed by atoms with E-state index < -0.39 is 16.0 Å². The highest BCUT2D eigenvalue weighted by Crippen LogP contribution is 2.21. The van der Waals surface area contributed by atoms with Gasteiger partial charge in [-0.25, -0.2) is 17.9 Å². The van der Waals surface area contributed by atoms with Gasteiger partial charge < -0.3 is 9.64 Å². The van der Waals surface area contributed by atoms with Gasteiger partial charge in [-0.2, -0.15) is 0 Å². The van der Waals surface area contributed by atoms with Crippen LogP contribution >= 0.6 is 0 Å². The van der Waals surface area contributed by atoms with Crippen LogP contribution in [0.4, 0.5) is 0 Å². The van der Waals surface area contributed by atoms with Crippen molar-refractivity contribution in [1.29, 1.82) is 0 Å². The zero-order chi connectivity index (χ0) is 19.2. The van der Waals surface area contributed by atoms with Gasteiger partial charge in [0, 0.05) is 12.2 Å². The standard InChI is InChI=1S/C18H24N2O5S/c1-3-20(15-7-5-4-6-8-15)17(21)13-25-18(22)14-9-11-16(12-10-14)26(23,24)19-2/h7,9-12,19H,3-6,8,13H2,1-2H3. The third kappa shape index (κ3) is 4.92. The van der Waals surface area contributed by atoms with Crippen LogP contribution in [0.25, 0.3) is 0 Å². The molecule has 1 amide bonds. The van der Waals surface area contributed by atoms with Crippen LogP contribution in [-0.4, -0.2) is 45.4 Å². The summed E-state index contributed by atoms with van der Waals surface area (Å²) < 4.78 is 30.6. The summed E-state index contributed by atoms with van der Waals surface area (Å²) >= 11 is 0. The van der Waals surface area contributed by atoms with E-state index in [9.17, 15) is 18.0 Å². The molecule has 2 rings (SSSR count). The summed E-state index contributed by atoms with van der Waals surface area (Å²) in [7, 11) is -2.25. The number of nitrogens with zero attached hydrogens (tertiary/aromatic N) is 1. The molecule has 0 saturated heterocycles. The Hall–Kier alpha value is -2.19. The van der Waals surface area contributed by atoms with E-state index >= 15 is 0 Å². The lowest BCUT2D eigenvalue weighted by Crippen LogP contribution is -2.34. The molecule has 0 saturated carbocycles. The van der Waals surface area contributed by atoms with Crippen molar-refractivity contribution in [3.05, 3.63) is 41.6 Å². The molecule has 0 aromatic heterocycles. The zero-order valence-electron chi connectivity index (χ0n) is 15.0. The van der Waals surface area contributed by atoms with Crippen molar-refractivity contribution in [3.8, 4) is 0 Å². The summed E-state index contributed by atoms with van der Waals surface area (Å²) in [5, 5.41) is 0. The quantitative estimate of drug-likeness (QED) is 0.731. The van der Waals surface area contributed by atoms with Gasteiger partial charge in [0.05, 0.1) is 10.5 Å². The van der Waals surface area contributed by atoms with E-state index in [4.69, 9.17) is 4.74 Å². The fraction of sp³-hybridized carbons (Fsp3) is 0.444. The van der Waals surface area contributed by atoms with Gasteiger partial charge in [0.15, 0.2) is 6.61 Å². The molecule has 0 heterocycles. The zero-order valence-corrected chi connectivity index (χ0v) is 15.8. The third-order valence-corrected chi connectivity index (χ3v) is 5.66. The first-order valence-corrected chi connectivity index (χ1v) is 10.1. The van der Waals surface area contributed by atoms with E-state index in [-0.39, 0.29) is 23.0 Å². The Kier molecular flexibility index (Phi) is 6.93. The fourth-order valence-corrected chi connectivity index (χ4v) is 3.51. The number of rotatable bonds is 7. The van der Waals surface area contributed by atoms with Crippen LogP contribution in [0.1, 0.15) is 43.0 Å². The Morgan fingerprint density at radius 1 is 1.19 bits per heavy atom. The van der Waals surface area contributed by atoms with Crippen molar-refractivity contribution in [2.24, 2.45) is 0 Å². The lowest BCUT2D eigenvalue weighted by atomic mass is 10.0. The minimum Gasteiger partial charge on any atom is -0.452 e. The number of hydrogen-bond donors (Lipinski definition) is 1. The number of ether oxygens (including phenoxy) is 1. The minimum absolute atomic E-state index is 0.0500. The van der Waals surface area contributed by atoms with Gasteiger partial charge in [0.25, 0.3) is 5.91 Å². The molecule has 0 spiro atoms. The molecular formula is C18H24N2O5S. The van der Waals surface area contributed by atoms with Crippen molar-refractivity contribution < 1.29 is 22.7 Å². The van der Waals surface area contributed by atoms with Crippen molar-refractivity contribution in [2.75, 3.05) is 20.2 Å². The second-order valence-corrected chi connectivity index (χ2v) is 7.77. The van der Waals surface area contributed by atoms with E-state index in [2.05, 4.69) is 10.8 Å². The van der Waals surface area contributed by atoms with Gasteiger partial charge in [-0.3, -0.25) is 4.79 Å². The number of carbonyl (C=O) groups is 2. The molecule has 0 atom stereocenters. The molecular weight excluding hydrogens is 356 g/mol. The predicted octanol–water partition coefficient (Wildman–Crippen LogP) is 2.06. The largest absolute Gasteiger partial charge is 0.452 e. The second-order valence-electron chi connectivity index (χ2n) is 5.89. The Bertz CT molecular complexity index is 784. The Balaban J connectivity index is 1.97. The minimum atomic E-state index is -3.56. The van der Waals surface area contributed by atoms with Crippen molar-refractivity contribution in [2.45, 2.75) is 37.5 Å². The summed E-state index contributed by atoms with van der Waals surface area (Å²) in [5.74, 6) is -0.927. The fourth-order valence-electron chi connectivity index (χ4n) is 2.78. The number of amides is 1. The van der Waals surface area contributed by atoms with Gasteiger partial charge in [-0.1, -0.05) is 6.08 Å². The van der Waals surface area contributed by atoms with Crippen LogP contribution < -0.4 is 4.72 Å². The van der Waals surface area contributed by atoms with Crippen molar-refractivity contribution >= 4 is 21.9 Å². The molecule has 0 unspecified atom stereocenters. The van der Waals surface area contributed by atoms with Crippen LogP contribution in [0.15, 0.2) is 40.9 Å². The smallest absolute Gasteiger partial charge is 0.338 e. The number of benzene rings is 1. The predicted molar refractivity (Wildman–Crippen MR) is 96.9 cm³/mol. The number of sulfonamides is 1. The maximum atomic E-state index is 12.4. The van der Waals surface area contributed by atoms with E-state index in [1.54, 1.807) is 4.90 Å². The van der Waals surface area contributed by atoms with Gasteiger partial charge in [-0.15, -0.1) is 0 Å². The van der Waals surface area contributed by atoms with Gasteiger partial charge >= 0.3 is 5.97 Å². The summed E-state index contributed by atoms with van der Waals surface area (Å²) in [6.07, 6.45) is 6.06. The molecule has 8 heteroatoms. The third-order valence-electron chi connectivity index (χ3n) is 4.23. The Morgan fingerprint density at radius 3 is 2.42 bits per heavy atom. The Labute approximate surface area is 154 Å². The number of allylic oxidation sites excluding steroid dienone is 2. The number of hydrogen-bond acceptors (Lipinski definition) is 5. The van der Waals surface area contributed by atoms with Crippen LogP contribution in [-0.2, 0) is 19.6 Å². The average molecular weight is 380 g/mol. The Morgan fingerprint density at radius 2 is 1.88 bits per heavy atom. The van der Waals surface area contributed by atoms with E-state index in [1.165, 1.54) is 31.3 Å². The first kappa shape index (κ1) is 20.1. The number of nitrogens with one attached hydrogen (secondary N) is 1. The van der Waals surface area contributed by atoms with Crippen LogP contribution in [0.3, 0.4) is 0 Å². The van der Waals surface area contributed by atoms with Gasteiger partial charge in [0.2, 0.25) is 10.0 Å². The molecule has 26 heavy (non-hydrogen) atoms. The maximum Gasteiger partial charge on any atom is 0.338 e. The van der Waals surface area contributed by atoms with Crippen molar-refractivity contribution in [1.82, 2.24) is 9.62 Å². The molecule has 0 fully saturated rings. The van der Waals surface area contributed by atoms with Gasteiger partial charge in [-0.05, 0) is 63.9 Å². The first-order valence-electron chi connectivity index (χ1n) is 8.59. The molecule has 0 radical (unpaired) electrons. The summed E-state index contributed by atoms with van der Waals surface area (Å²) in [6, 6.07) is 5.35. The van der Waals surface area contributed by atoms with E-state index in [1.807, 2.05) is 6.92 Å². The van der Waals surface area contributed by atoms with Crippen LogP contribution in [0.5, 0.6) is 0 Å². The molecule has 7 nitrogen and oxygen atoms in total. The lowest BCUT2D eigenvalue weighted by molar-refractivity contribution is -0.132.